The van der Waals surface area contributed by atoms with Crippen molar-refractivity contribution in [2.24, 2.45) is 0 Å². The zero-order chi connectivity index (χ0) is 19.5. The van der Waals surface area contributed by atoms with Crippen molar-refractivity contribution in [3.05, 3.63) is 53.6 Å². The molecule has 9 heteroatoms. The number of sulfone groups is 1. The standard InChI is InChI=1S/C17H14F2O6S/c1-10(20)14-8-5-12(24-2)9-15(14)25-16(21)11-3-6-13(7-4-11)26(22,23)17(18)19/h3-9,17H,1-2H3. The number of alkyl halides is 2. The first-order valence-electron chi connectivity index (χ1n) is 7.20. The Morgan fingerprint density at radius 3 is 2.15 bits per heavy atom. The van der Waals surface area contributed by atoms with E-state index in [2.05, 4.69) is 0 Å². The van der Waals surface area contributed by atoms with E-state index >= 15 is 0 Å². The molecule has 2 rings (SSSR count). The molecule has 0 aliphatic rings. The monoisotopic (exact) mass is 384 g/mol. The second kappa shape index (κ2) is 7.61. The van der Waals surface area contributed by atoms with Crippen molar-refractivity contribution in [2.75, 3.05) is 7.11 Å². The lowest BCUT2D eigenvalue weighted by Crippen LogP contribution is -2.13. The van der Waals surface area contributed by atoms with Gasteiger partial charge in [-0.3, -0.25) is 4.79 Å². The average Bonchev–Trinajstić information content (AvgIpc) is 2.61. The molecular formula is C17H14F2O6S. The third kappa shape index (κ3) is 4.05. The summed E-state index contributed by atoms with van der Waals surface area (Å²) in [6.07, 6.45) is 0. The molecule has 0 N–H and O–H groups in total. The number of hydrogen-bond donors (Lipinski definition) is 0. The van der Waals surface area contributed by atoms with Gasteiger partial charge in [-0.05, 0) is 43.3 Å². The van der Waals surface area contributed by atoms with Gasteiger partial charge in [-0.15, -0.1) is 0 Å². The normalized spacial score (nSPS) is 11.3. The molecule has 0 radical (unpaired) electrons. The Labute approximate surface area is 148 Å². The fourth-order valence-electron chi connectivity index (χ4n) is 2.05. The maximum atomic E-state index is 12.5. The van der Waals surface area contributed by atoms with Crippen LogP contribution < -0.4 is 9.47 Å². The molecule has 0 amide bonds. The Bertz CT molecular complexity index is 936. The average molecular weight is 384 g/mol. The second-order valence-corrected chi connectivity index (χ2v) is 7.06. The van der Waals surface area contributed by atoms with Gasteiger partial charge in [0.2, 0.25) is 9.84 Å². The number of carbonyl (C=O) groups is 2. The van der Waals surface area contributed by atoms with Crippen LogP contribution in [0.3, 0.4) is 0 Å². The third-order valence-corrected chi connectivity index (χ3v) is 4.82. The summed E-state index contributed by atoms with van der Waals surface area (Å²) in [6.45, 7) is 1.29. The molecular weight excluding hydrogens is 370 g/mol. The van der Waals surface area contributed by atoms with E-state index < -0.39 is 26.5 Å². The van der Waals surface area contributed by atoms with Gasteiger partial charge in [-0.1, -0.05) is 0 Å². The van der Waals surface area contributed by atoms with E-state index in [1.165, 1.54) is 32.2 Å². The minimum Gasteiger partial charge on any atom is -0.497 e. The van der Waals surface area contributed by atoms with Crippen molar-refractivity contribution in [2.45, 2.75) is 17.6 Å². The number of methoxy groups -OCH3 is 1. The van der Waals surface area contributed by atoms with Gasteiger partial charge in [-0.2, -0.15) is 8.78 Å². The Kier molecular flexibility index (Phi) is 5.71. The summed E-state index contributed by atoms with van der Waals surface area (Å²) in [7, 11) is -3.35. The molecule has 2 aromatic carbocycles. The van der Waals surface area contributed by atoms with Crippen LogP contribution in [0.15, 0.2) is 47.4 Å². The van der Waals surface area contributed by atoms with E-state index in [4.69, 9.17) is 9.47 Å². The largest absolute Gasteiger partial charge is 0.497 e. The Balaban J connectivity index is 2.30. The lowest BCUT2D eigenvalue weighted by Gasteiger charge is -2.10. The van der Waals surface area contributed by atoms with Crippen LogP contribution in [0.2, 0.25) is 0 Å². The number of ether oxygens (including phenoxy) is 2. The Morgan fingerprint density at radius 2 is 1.65 bits per heavy atom. The van der Waals surface area contributed by atoms with E-state index in [0.29, 0.717) is 5.75 Å². The quantitative estimate of drug-likeness (QED) is 0.432. The topological polar surface area (TPSA) is 86.7 Å². The molecule has 26 heavy (non-hydrogen) atoms. The maximum absolute atomic E-state index is 12.5. The lowest BCUT2D eigenvalue weighted by molar-refractivity contribution is 0.0732. The molecule has 0 saturated heterocycles. The Morgan fingerprint density at radius 1 is 1.04 bits per heavy atom. The van der Waals surface area contributed by atoms with Crippen molar-refractivity contribution in [1.29, 1.82) is 0 Å². The number of halogens is 2. The molecule has 138 valence electrons. The molecule has 0 aliphatic carbocycles. The van der Waals surface area contributed by atoms with E-state index in [1.54, 1.807) is 0 Å². The summed E-state index contributed by atoms with van der Waals surface area (Å²) in [4.78, 5) is 23.2. The molecule has 6 nitrogen and oxygen atoms in total. The number of benzene rings is 2. The molecule has 0 fully saturated rings. The minimum absolute atomic E-state index is 0.0360. The predicted octanol–water partition coefficient (Wildman–Crippen LogP) is 3.11. The fourth-order valence-corrected chi connectivity index (χ4v) is 2.77. The smallest absolute Gasteiger partial charge is 0.343 e. The maximum Gasteiger partial charge on any atom is 0.343 e. The van der Waals surface area contributed by atoms with E-state index in [0.717, 1.165) is 24.3 Å². The van der Waals surface area contributed by atoms with Gasteiger partial charge in [0.25, 0.3) is 0 Å². The van der Waals surface area contributed by atoms with Gasteiger partial charge in [0.15, 0.2) is 5.78 Å². The van der Waals surface area contributed by atoms with Gasteiger partial charge in [-0.25, -0.2) is 13.2 Å². The molecule has 2 aromatic rings. The zero-order valence-electron chi connectivity index (χ0n) is 13.7. The number of Topliss-reactive ketones (excluding diaryl/α,β-unsaturated/α-hetero) is 1. The second-order valence-electron chi connectivity index (χ2n) is 5.14. The van der Waals surface area contributed by atoms with E-state index in [1.807, 2.05) is 0 Å². The third-order valence-electron chi connectivity index (χ3n) is 3.42. The van der Waals surface area contributed by atoms with Gasteiger partial charge in [0.05, 0.1) is 23.1 Å². The first-order valence-corrected chi connectivity index (χ1v) is 8.74. The number of hydrogen-bond acceptors (Lipinski definition) is 6. The number of esters is 1. The summed E-state index contributed by atoms with van der Waals surface area (Å²) in [5, 5.41) is 0. The molecule has 0 aliphatic heterocycles. The van der Waals surface area contributed by atoms with E-state index in [-0.39, 0.29) is 22.7 Å². The highest BCUT2D eigenvalue weighted by Crippen LogP contribution is 2.26. The summed E-state index contributed by atoms with van der Waals surface area (Å²) in [6, 6.07) is 8.17. The van der Waals surface area contributed by atoms with Crippen molar-refractivity contribution < 1.29 is 36.3 Å². The molecule has 0 atom stereocenters. The van der Waals surface area contributed by atoms with Crippen LogP contribution in [0, 0.1) is 0 Å². The molecule has 0 bridgehead atoms. The minimum atomic E-state index is -4.75. The van der Waals surface area contributed by atoms with Crippen LogP contribution in [0.5, 0.6) is 11.5 Å². The lowest BCUT2D eigenvalue weighted by atomic mass is 10.1. The molecule has 0 heterocycles. The van der Waals surface area contributed by atoms with Crippen LogP contribution in [0.4, 0.5) is 8.78 Å². The summed E-state index contributed by atoms with van der Waals surface area (Å²) < 4.78 is 58.0. The van der Waals surface area contributed by atoms with Gasteiger partial charge >= 0.3 is 11.7 Å². The van der Waals surface area contributed by atoms with Crippen LogP contribution in [-0.4, -0.2) is 33.0 Å². The fraction of sp³-hybridized carbons (Fsp3) is 0.176. The highest BCUT2D eigenvalue weighted by Gasteiger charge is 2.26. The highest BCUT2D eigenvalue weighted by molar-refractivity contribution is 7.91. The van der Waals surface area contributed by atoms with E-state index in [9.17, 15) is 26.8 Å². The zero-order valence-corrected chi connectivity index (χ0v) is 14.5. The highest BCUT2D eigenvalue weighted by atomic mass is 32.2. The molecule has 0 aromatic heterocycles. The summed E-state index contributed by atoms with van der Waals surface area (Å²) in [5.74, 6) is -4.46. The van der Waals surface area contributed by atoms with Crippen molar-refractivity contribution in [3.63, 3.8) is 0 Å². The van der Waals surface area contributed by atoms with Gasteiger partial charge in [0, 0.05) is 6.07 Å². The van der Waals surface area contributed by atoms with Gasteiger partial charge < -0.3 is 9.47 Å². The van der Waals surface area contributed by atoms with Gasteiger partial charge in [0.1, 0.15) is 11.5 Å². The number of ketones is 1. The molecule has 0 unspecified atom stereocenters. The van der Waals surface area contributed by atoms with Crippen molar-refractivity contribution in [1.82, 2.24) is 0 Å². The predicted molar refractivity (Wildman–Crippen MR) is 87.6 cm³/mol. The van der Waals surface area contributed by atoms with Crippen LogP contribution in [-0.2, 0) is 9.84 Å². The van der Waals surface area contributed by atoms with Crippen LogP contribution in [0.1, 0.15) is 27.6 Å². The van der Waals surface area contributed by atoms with Crippen molar-refractivity contribution in [3.8, 4) is 11.5 Å². The molecule has 0 spiro atoms. The van der Waals surface area contributed by atoms with Crippen molar-refractivity contribution >= 4 is 21.6 Å². The first kappa shape index (κ1) is 19.5. The first-order chi connectivity index (χ1) is 12.2. The molecule has 0 saturated carbocycles. The summed E-state index contributed by atoms with van der Waals surface area (Å²) in [5.41, 5.74) is 0.0755. The summed E-state index contributed by atoms with van der Waals surface area (Å²) >= 11 is 0. The van der Waals surface area contributed by atoms with Crippen LogP contribution in [0.25, 0.3) is 0 Å². The number of rotatable bonds is 6. The Hall–Kier alpha value is -2.81. The van der Waals surface area contributed by atoms with Crippen LogP contribution >= 0.6 is 0 Å². The SMILES string of the molecule is COc1ccc(C(C)=O)c(OC(=O)c2ccc(S(=O)(=O)C(F)F)cc2)c1. The number of carbonyl (C=O) groups excluding carboxylic acids is 2.